The molecule has 0 aliphatic heterocycles. The molecule has 0 radical (unpaired) electrons. The molecule has 4 heteroatoms. The van der Waals surface area contributed by atoms with Crippen molar-refractivity contribution in [1.82, 2.24) is 4.98 Å². The minimum atomic E-state index is -0.394. The van der Waals surface area contributed by atoms with Crippen molar-refractivity contribution in [3.05, 3.63) is 41.0 Å². The van der Waals surface area contributed by atoms with Gasteiger partial charge in [-0.15, -0.1) is 0 Å². The Morgan fingerprint density at radius 3 is 2.83 bits per heavy atom. The van der Waals surface area contributed by atoms with Crippen LogP contribution in [-0.4, -0.2) is 11.5 Å². The second-order valence-electron chi connectivity index (χ2n) is 4.83. The normalized spacial score (nSPS) is 14.7. The lowest BCUT2D eigenvalue weighted by molar-refractivity contribution is 0.443. The third kappa shape index (κ3) is 2.64. The van der Waals surface area contributed by atoms with Crippen molar-refractivity contribution in [2.45, 2.75) is 25.3 Å². The molecule has 1 unspecified atom stereocenters. The highest BCUT2D eigenvalue weighted by Crippen LogP contribution is 2.30. The van der Waals surface area contributed by atoms with Gasteiger partial charge in [0.1, 0.15) is 0 Å². The lowest BCUT2D eigenvalue weighted by atomic mass is 9.86. The van der Waals surface area contributed by atoms with Gasteiger partial charge in [0.15, 0.2) is 0 Å². The highest BCUT2D eigenvalue weighted by molar-refractivity contribution is 6.31. The minimum absolute atomic E-state index is 0.394. The van der Waals surface area contributed by atoms with E-state index in [2.05, 4.69) is 4.98 Å². The van der Waals surface area contributed by atoms with Gasteiger partial charge in [0, 0.05) is 22.1 Å². The van der Waals surface area contributed by atoms with Crippen molar-refractivity contribution in [3.63, 3.8) is 0 Å². The van der Waals surface area contributed by atoms with Crippen LogP contribution in [0.3, 0.4) is 0 Å². The molecule has 0 fully saturated rings. The summed E-state index contributed by atoms with van der Waals surface area (Å²) in [6, 6.07) is 7.69. The highest BCUT2D eigenvalue weighted by atomic mass is 35.5. The first-order chi connectivity index (χ1) is 8.54. The lowest BCUT2D eigenvalue weighted by Crippen LogP contribution is -2.33. The summed E-state index contributed by atoms with van der Waals surface area (Å²) in [4.78, 5) is 4.33. The first-order valence-electron chi connectivity index (χ1n) is 6.08. The number of benzene rings is 1. The molecule has 0 saturated heterocycles. The van der Waals surface area contributed by atoms with Gasteiger partial charge in [-0.1, -0.05) is 17.7 Å². The lowest BCUT2D eigenvalue weighted by Gasteiger charge is -2.26. The molecule has 1 aromatic carbocycles. The number of halogens is 1. The van der Waals surface area contributed by atoms with Gasteiger partial charge >= 0.3 is 0 Å². The van der Waals surface area contributed by atoms with Crippen LogP contribution < -0.4 is 11.5 Å². The van der Waals surface area contributed by atoms with E-state index in [0.29, 0.717) is 11.6 Å². The average Bonchev–Trinajstić information content (AvgIpc) is 2.35. The zero-order valence-corrected chi connectivity index (χ0v) is 11.2. The quantitative estimate of drug-likeness (QED) is 0.892. The first-order valence-corrected chi connectivity index (χ1v) is 6.46. The van der Waals surface area contributed by atoms with Gasteiger partial charge in [-0.3, -0.25) is 4.98 Å². The van der Waals surface area contributed by atoms with Gasteiger partial charge in [-0.2, -0.15) is 0 Å². The SMILES string of the molecule is CC(N)(CCCN)c1ccnc2cc(Cl)ccc12. The Balaban J connectivity index is 2.50. The molecule has 1 aromatic heterocycles. The van der Waals surface area contributed by atoms with E-state index in [0.717, 1.165) is 29.3 Å². The molecule has 96 valence electrons. The van der Waals surface area contributed by atoms with Gasteiger partial charge in [0.05, 0.1) is 5.52 Å². The van der Waals surface area contributed by atoms with E-state index in [9.17, 15) is 0 Å². The van der Waals surface area contributed by atoms with Crippen LogP contribution in [0.4, 0.5) is 0 Å². The van der Waals surface area contributed by atoms with Gasteiger partial charge in [-0.25, -0.2) is 0 Å². The summed E-state index contributed by atoms with van der Waals surface area (Å²) < 4.78 is 0. The molecule has 4 N–H and O–H groups in total. The molecule has 0 aliphatic carbocycles. The molecule has 1 heterocycles. The molecule has 1 atom stereocenters. The number of nitrogens with zero attached hydrogens (tertiary/aromatic N) is 1. The summed E-state index contributed by atoms with van der Waals surface area (Å²) in [6.07, 6.45) is 3.54. The number of rotatable bonds is 4. The third-order valence-corrected chi connectivity index (χ3v) is 3.46. The van der Waals surface area contributed by atoms with Crippen LogP contribution in [-0.2, 0) is 5.54 Å². The summed E-state index contributed by atoms with van der Waals surface area (Å²) in [5, 5.41) is 1.75. The smallest absolute Gasteiger partial charge is 0.0720 e. The van der Waals surface area contributed by atoms with Gasteiger partial charge in [0.25, 0.3) is 0 Å². The maximum atomic E-state index is 6.41. The average molecular weight is 264 g/mol. The molecular formula is C14H18ClN3. The van der Waals surface area contributed by atoms with Crippen LogP contribution in [0.15, 0.2) is 30.5 Å². The van der Waals surface area contributed by atoms with Crippen molar-refractivity contribution in [2.24, 2.45) is 11.5 Å². The summed E-state index contributed by atoms with van der Waals surface area (Å²) in [6.45, 7) is 2.69. The first kappa shape index (κ1) is 13.3. The monoisotopic (exact) mass is 263 g/mol. The maximum Gasteiger partial charge on any atom is 0.0720 e. The number of aromatic nitrogens is 1. The number of hydrogen-bond donors (Lipinski definition) is 2. The Kier molecular flexibility index (Phi) is 3.85. The van der Waals surface area contributed by atoms with Crippen LogP contribution in [0.5, 0.6) is 0 Å². The van der Waals surface area contributed by atoms with Gasteiger partial charge in [0.2, 0.25) is 0 Å². The Bertz CT molecular complexity index is 552. The second-order valence-corrected chi connectivity index (χ2v) is 5.27. The molecule has 2 aromatic rings. The highest BCUT2D eigenvalue weighted by Gasteiger charge is 2.22. The molecule has 0 saturated carbocycles. The zero-order chi connectivity index (χ0) is 13.2. The second kappa shape index (κ2) is 5.22. The van der Waals surface area contributed by atoms with Crippen LogP contribution >= 0.6 is 11.6 Å². The van der Waals surface area contributed by atoms with Crippen molar-refractivity contribution < 1.29 is 0 Å². The molecule has 2 rings (SSSR count). The Hall–Kier alpha value is -1.16. The van der Waals surface area contributed by atoms with E-state index >= 15 is 0 Å². The summed E-state index contributed by atoms with van der Waals surface area (Å²) in [5.41, 5.74) is 13.6. The maximum absolute atomic E-state index is 6.41. The fraction of sp³-hybridized carbons (Fsp3) is 0.357. The number of nitrogens with two attached hydrogens (primary N) is 2. The van der Waals surface area contributed by atoms with E-state index in [1.54, 1.807) is 6.20 Å². The van der Waals surface area contributed by atoms with E-state index in [4.69, 9.17) is 23.1 Å². The molecular weight excluding hydrogens is 246 g/mol. The third-order valence-electron chi connectivity index (χ3n) is 3.22. The van der Waals surface area contributed by atoms with Crippen molar-refractivity contribution in [2.75, 3.05) is 6.54 Å². The van der Waals surface area contributed by atoms with E-state index < -0.39 is 5.54 Å². The van der Waals surface area contributed by atoms with Crippen LogP contribution in [0.2, 0.25) is 5.02 Å². The number of fused-ring (bicyclic) bond motifs is 1. The zero-order valence-electron chi connectivity index (χ0n) is 10.5. The Morgan fingerprint density at radius 1 is 1.33 bits per heavy atom. The molecule has 0 bridgehead atoms. The molecule has 0 aliphatic rings. The number of hydrogen-bond acceptors (Lipinski definition) is 3. The largest absolute Gasteiger partial charge is 0.330 e. The van der Waals surface area contributed by atoms with E-state index in [1.807, 2.05) is 31.2 Å². The van der Waals surface area contributed by atoms with Gasteiger partial charge in [-0.05, 0) is 50.1 Å². The van der Waals surface area contributed by atoms with Gasteiger partial charge < -0.3 is 11.5 Å². The summed E-state index contributed by atoms with van der Waals surface area (Å²) in [7, 11) is 0. The predicted molar refractivity (Wildman–Crippen MR) is 76.6 cm³/mol. The molecule has 0 amide bonds. The topological polar surface area (TPSA) is 64.9 Å². The van der Waals surface area contributed by atoms with Crippen LogP contribution in [0.1, 0.15) is 25.3 Å². The Morgan fingerprint density at radius 2 is 2.11 bits per heavy atom. The predicted octanol–water partition coefficient (Wildman–Crippen LogP) is 2.80. The number of pyridine rings is 1. The molecule has 0 spiro atoms. The van der Waals surface area contributed by atoms with Crippen LogP contribution in [0.25, 0.3) is 10.9 Å². The summed E-state index contributed by atoms with van der Waals surface area (Å²) >= 11 is 5.98. The summed E-state index contributed by atoms with van der Waals surface area (Å²) in [5.74, 6) is 0. The van der Waals surface area contributed by atoms with Crippen molar-refractivity contribution in [1.29, 1.82) is 0 Å². The fourth-order valence-corrected chi connectivity index (χ4v) is 2.39. The van der Waals surface area contributed by atoms with E-state index in [-0.39, 0.29) is 0 Å². The van der Waals surface area contributed by atoms with E-state index in [1.165, 1.54) is 0 Å². The minimum Gasteiger partial charge on any atom is -0.330 e. The van der Waals surface area contributed by atoms with Crippen LogP contribution in [0, 0.1) is 0 Å². The van der Waals surface area contributed by atoms with Crippen molar-refractivity contribution in [3.8, 4) is 0 Å². The molecule has 3 nitrogen and oxygen atoms in total. The molecule has 18 heavy (non-hydrogen) atoms. The Labute approximate surface area is 112 Å². The standard InChI is InChI=1S/C14H18ClN3/c1-14(17,6-2-7-16)12-5-8-18-13-9-10(15)3-4-11(12)13/h3-5,8-9H,2,6-7,16-17H2,1H3. The van der Waals surface area contributed by atoms with Crippen molar-refractivity contribution >= 4 is 22.5 Å². The fourth-order valence-electron chi connectivity index (χ4n) is 2.22.